The van der Waals surface area contributed by atoms with Crippen LogP contribution in [0.1, 0.15) is 51.3 Å². The lowest BCUT2D eigenvalue weighted by atomic mass is 9.79. The average Bonchev–Trinajstić information content (AvgIpc) is 2.88. The van der Waals surface area contributed by atoms with Gasteiger partial charge < -0.3 is 14.0 Å². The molecule has 28 heavy (non-hydrogen) atoms. The van der Waals surface area contributed by atoms with Crippen molar-refractivity contribution in [3.8, 4) is 0 Å². The summed E-state index contributed by atoms with van der Waals surface area (Å²) < 4.78 is 17.5. The van der Waals surface area contributed by atoms with Crippen LogP contribution in [0.15, 0.2) is 48.5 Å². The Morgan fingerprint density at radius 1 is 0.857 bits per heavy atom. The molecule has 0 unspecified atom stereocenters. The predicted molar refractivity (Wildman–Crippen MR) is 111 cm³/mol. The van der Waals surface area contributed by atoms with Crippen molar-refractivity contribution in [2.45, 2.75) is 65.3 Å². The lowest BCUT2D eigenvalue weighted by Crippen LogP contribution is -2.41. The summed E-state index contributed by atoms with van der Waals surface area (Å²) in [6.45, 7) is 10.5. The number of aryl methyl sites for hydroxylation is 1. The van der Waals surface area contributed by atoms with Crippen molar-refractivity contribution < 1.29 is 18.8 Å². The van der Waals surface area contributed by atoms with E-state index in [0.717, 1.165) is 23.0 Å². The van der Waals surface area contributed by atoms with E-state index in [0.29, 0.717) is 0 Å². The maximum absolute atomic E-state index is 12.1. The van der Waals surface area contributed by atoms with Crippen molar-refractivity contribution in [3.63, 3.8) is 0 Å². The standard InChI is InChI=1S/C23H29BO4/c1-6-17-7-9-18(10-8-17)15-21(25)26-16-19-11-13-20(14-12-19)24-27-22(2,3)23(4,5)28-24/h7-14H,6,15-16H2,1-5H3. The smallest absolute Gasteiger partial charge is 0.461 e. The normalized spacial score (nSPS) is 17.5. The monoisotopic (exact) mass is 380 g/mol. The molecule has 0 aliphatic carbocycles. The predicted octanol–water partition coefficient (Wildman–Crippen LogP) is 3.83. The number of benzene rings is 2. The fourth-order valence-corrected chi connectivity index (χ4v) is 3.02. The number of esters is 1. The van der Waals surface area contributed by atoms with Gasteiger partial charge in [-0.3, -0.25) is 4.79 Å². The Morgan fingerprint density at radius 2 is 1.36 bits per heavy atom. The summed E-state index contributed by atoms with van der Waals surface area (Å²) in [5.74, 6) is -0.223. The molecular formula is C23H29BO4. The Morgan fingerprint density at radius 3 is 1.89 bits per heavy atom. The maximum atomic E-state index is 12.1. The number of hydrogen-bond acceptors (Lipinski definition) is 4. The van der Waals surface area contributed by atoms with Crippen molar-refractivity contribution in [1.29, 1.82) is 0 Å². The lowest BCUT2D eigenvalue weighted by Gasteiger charge is -2.32. The lowest BCUT2D eigenvalue weighted by molar-refractivity contribution is -0.144. The summed E-state index contributed by atoms with van der Waals surface area (Å²) in [7, 11) is -0.382. The number of carbonyl (C=O) groups is 1. The zero-order valence-electron chi connectivity index (χ0n) is 17.5. The third kappa shape index (κ3) is 4.65. The summed E-state index contributed by atoms with van der Waals surface area (Å²) in [4.78, 5) is 12.1. The Hall–Kier alpha value is -2.11. The Bertz CT molecular complexity index is 794. The van der Waals surface area contributed by atoms with Crippen molar-refractivity contribution in [3.05, 3.63) is 65.2 Å². The van der Waals surface area contributed by atoms with Crippen LogP contribution in [0.2, 0.25) is 0 Å². The van der Waals surface area contributed by atoms with Crippen molar-refractivity contribution in [2.24, 2.45) is 0 Å². The zero-order chi connectivity index (χ0) is 20.4. The van der Waals surface area contributed by atoms with Gasteiger partial charge in [-0.05, 0) is 56.3 Å². The van der Waals surface area contributed by atoms with Gasteiger partial charge in [0.25, 0.3) is 0 Å². The van der Waals surface area contributed by atoms with Gasteiger partial charge >= 0.3 is 13.1 Å². The molecule has 0 saturated carbocycles. The second-order valence-corrected chi connectivity index (χ2v) is 8.34. The second-order valence-electron chi connectivity index (χ2n) is 8.34. The molecule has 0 amide bonds. The first-order chi connectivity index (χ1) is 13.2. The number of carbonyl (C=O) groups excluding carboxylic acids is 1. The first-order valence-electron chi connectivity index (χ1n) is 9.88. The third-order valence-electron chi connectivity index (χ3n) is 5.68. The Kier molecular flexibility index (Phi) is 5.97. The van der Waals surface area contributed by atoms with Gasteiger partial charge in [0, 0.05) is 0 Å². The summed E-state index contributed by atoms with van der Waals surface area (Å²) in [5, 5.41) is 0. The van der Waals surface area contributed by atoms with Gasteiger partial charge in [0.15, 0.2) is 0 Å². The molecule has 0 atom stereocenters. The van der Waals surface area contributed by atoms with E-state index in [2.05, 4.69) is 19.1 Å². The molecule has 4 nitrogen and oxygen atoms in total. The summed E-state index contributed by atoms with van der Waals surface area (Å²) in [5.41, 5.74) is 3.42. The molecule has 1 heterocycles. The molecule has 0 N–H and O–H groups in total. The Balaban J connectivity index is 1.52. The first-order valence-corrected chi connectivity index (χ1v) is 9.88. The molecule has 0 radical (unpaired) electrons. The highest BCUT2D eigenvalue weighted by Gasteiger charge is 2.51. The molecule has 1 aliphatic heterocycles. The van der Waals surface area contributed by atoms with Gasteiger partial charge in [-0.1, -0.05) is 55.5 Å². The van der Waals surface area contributed by atoms with Crippen LogP contribution < -0.4 is 5.46 Å². The fraction of sp³-hybridized carbons (Fsp3) is 0.435. The largest absolute Gasteiger partial charge is 0.494 e. The van der Waals surface area contributed by atoms with Crippen LogP contribution in [0.25, 0.3) is 0 Å². The van der Waals surface area contributed by atoms with Gasteiger partial charge in [-0.15, -0.1) is 0 Å². The van der Waals surface area contributed by atoms with E-state index in [1.165, 1.54) is 5.56 Å². The van der Waals surface area contributed by atoms with Crippen LogP contribution >= 0.6 is 0 Å². The van der Waals surface area contributed by atoms with E-state index in [1.54, 1.807) is 0 Å². The molecule has 0 spiro atoms. The second kappa shape index (κ2) is 8.10. The zero-order valence-corrected chi connectivity index (χ0v) is 17.5. The summed E-state index contributed by atoms with van der Waals surface area (Å²) >= 11 is 0. The van der Waals surface area contributed by atoms with Crippen LogP contribution in [-0.4, -0.2) is 24.3 Å². The molecule has 2 aromatic rings. The SMILES string of the molecule is CCc1ccc(CC(=O)OCc2ccc(B3OC(C)(C)C(C)(C)O3)cc2)cc1. The van der Waals surface area contributed by atoms with Gasteiger partial charge in [0.05, 0.1) is 17.6 Å². The molecule has 0 aromatic heterocycles. The Labute approximate surface area is 168 Å². The average molecular weight is 380 g/mol. The van der Waals surface area contributed by atoms with E-state index in [9.17, 15) is 4.79 Å². The number of ether oxygens (including phenoxy) is 1. The minimum atomic E-state index is -0.382. The number of hydrogen-bond donors (Lipinski definition) is 0. The third-order valence-corrected chi connectivity index (χ3v) is 5.68. The molecule has 3 rings (SSSR count). The van der Waals surface area contributed by atoms with E-state index < -0.39 is 0 Å². The van der Waals surface area contributed by atoms with Crippen LogP contribution in [0.5, 0.6) is 0 Å². The van der Waals surface area contributed by atoms with E-state index in [-0.39, 0.29) is 37.3 Å². The van der Waals surface area contributed by atoms with Gasteiger partial charge in [0.1, 0.15) is 6.61 Å². The van der Waals surface area contributed by atoms with E-state index in [4.69, 9.17) is 14.0 Å². The molecule has 1 aliphatic rings. The quantitative estimate of drug-likeness (QED) is 0.564. The van der Waals surface area contributed by atoms with Crippen molar-refractivity contribution in [1.82, 2.24) is 0 Å². The highest BCUT2D eigenvalue weighted by Crippen LogP contribution is 2.36. The van der Waals surface area contributed by atoms with Gasteiger partial charge in [-0.25, -0.2) is 0 Å². The molecule has 0 bridgehead atoms. The van der Waals surface area contributed by atoms with Gasteiger partial charge in [0.2, 0.25) is 0 Å². The van der Waals surface area contributed by atoms with Crippen LogP contribution in [0.4, 0.5) is 0 Å². The molecule has 148 valence electrons. The van der Waals surface area contributed by atoms with Crippen LogP contribution in [0, 0.1) is 0 Å². The molecule has 5 heteroatoms. The molecule has 2 aromatic carbocycles. The highest BCUT2D eigenvalue weighted by molar-refractivity contribution is 6.62. The maximum Gasteiger partial charge on any atom is 0.494 e. The fourth-order valence-electron chi connectivity index (χ4n) is 3.02. The number of rotatable bonds is 6. The molecular weight excluding hydrogens is 351 g/mol. The minimum absolute atomic E-state index is 0.223. The summed E-state index contributed by atoms with van der Waals surface area (Å²) in [6.07, 6.45) is 1.28. The first kappa shape index (κ1) is 20.6. The van der Waals surface area contributed by atoms with Gasteiger partial charge in [-0.2, -0.15) is 0 Å². The summed E-state index contributed by atoms with van der Waals surface area (Å²) in [6, 6.07) is 15.9. The van der Waals surface area contributed by atoms with Crippen molar-refractivity contribution in [2.75, 3.05) is 0 Å². The van der Waals surface area contributed by atoms with Crippen LogP contribution in [0.3, 0.4) is 0 Å². The van der Waals surface area contributed by atoms with E-state index in [1.807, 2.05) is 64.1 Å². The molecule has 1 saturated heterocycles. The van der Waals surface area contributed by atoms with Crippen molar-refractivity contribution >= 4 is 18.6 Å². The van der Waals surface area contributed by atoms with Crippen LogP contribution in [-0.2, 0) is 38.3 Å². The molecule has 1 fully saturated rings. The van der Waals surface area contributed by atoms with E-state index >= 15 is 0 Å². The minimum Gasteiger partial charge on any atom is -0.461 e. The topological polar surface area (TPSA) is 44.8 Å². The highest BCUT2D eigenvalue weighted by atomic mass is 16.7.